The molecule has 0 heterocycles. The molecule has 0 radical (unpaired) electrons. The summed E-state index contributed by atoms with van der Waals surface area (Å²) in [7, 11) is 0. The number of fused-ring (bicyclic) bond motifs is 10. The molecule has 0 amide bonds. The van der Waals surface area contributed by atoms with Crippen LogP contribution in [-0.2, 0) is 0 Å². The van der Waals surface area contributed by atoms with Crippen LogP contribution >= 0.6 is 0 Å². The highest BCUT2D eigenvalue weighted by molar-refractivity contribution is 5.97. The quantitative estimate of drug-likeness (QED) is 0.168. The van der Waals surface area contributed by atoms with Gasteiger partial charge in [0, 0.05) is 0 Å². The van der Waals surface area contributed by atoms with Crippen LogP contribution in [0.25, 0.3) is 58.2 Å². The van der Waals surface area contributed by atoms with Gasteiger partial charge in [-0.1, -0.05) is 91.0 Å². The number of nitriles is 5. The molecule has 0 aliphatic heterocycles. The molecule has 5 nitrogen and oxygen atoms in total. The van der Waals surface area contributed by atoms with Gasteiger partial charge in [-0.25, -0.2) is 0 Å². The van der Waals surface area contributed by atoms with Crippen molar-refractivity contribution in [1.29, 1.82) is 26.3 Å². The highest BCUT2D eigenvalue weighted by atomic mass is 14.3. The Bertz CT molecular complexity index is 2120. The van der Waals surface area contributed by atoms with Crippen molar-refractivity contribution in [1.82, 2.24) is 0 Å². The molecule has 50 heavy (non-hydrogen) atoms. The SMILES string of the molecule is N#C/C1=C\c2cccc(c2)/C(C#N)=C/c2cccc(c2)/C(C#N)=C/c2cccc(c2)/C(C#N)=C/c2cccc(c2)/C(C#N)=C/c2cccc1c2. The van der Waals surface area contributed by atoms with Crippen LogP contribution in [0.4, 0.5) is 0 Å². The molecule has 1 aliphatic rings. The molecule has 0 spiro atoms. The molecule has 5 aromatic carbocycles. The van der Waals surface area contributed by atoms with Crippen molar-refractivity contribution in [2.45, 2.75) is 0 Å². The van der Waals surface area contributed by atoms with Crippen molar-refractivity contribution in [3.63, 3.8) is 0 Å². The van der Waals surface area contributed by atoms with Crippen LogP contribution in [0.2, 0.25) is 0 Å². The molecule has 230 valence electrons. The lowest BCUT2D eigenvalue weighted by atomic mass is 9.96. The van der Waals surface area contributed by atoms with E-state index in [9.17, 15) is 26.3 Å². The van der Waals surface area contributed by atoms with Gasteiger partial charge in [0.15, 0.2) is 0 Å². The van der Waals surface area contributed by atoms with E-state index in [1.807, 2.05) is 121 Å². The van der Waals surface area contributed by atoms with Crippen LogP contribution in [0.3, 0.4) is 0 Å². The zero-order chi connectivity index (χ0) is 34.9. The fraction of sp³-hybridized carbons (Fsp3) is 0. The first-order valence-electron chi connectivity index (χ1n) is 15.6. The Hall–Kier alpha value is -7.75. The van der Waals surface area contributed by atoms with E-state index >= 15 is 0 Å². The fourth-order valence-corrected chi connectivity index (χ4v) is 5.71. The molecular weight excluding hydrogens is 611 g/mol. The van der Waals surface area contributed by atoms with Crippen molar-refractivity contribution >= 4 is 58.2 Å². The molecule has 0 saturated carbocycles. The van der Waals surface area contributed by atoms with Crippen LogP contribution in [0, 0.1) is 56.7 Å². The first kappa shape index (κ1) is 32.2. The summed E-state index contributed by atoms with van der Waals surface area (Å²) in [6.07, 6.45) is 8.87. The highest BCUT2D eigenvalue weighted by Crippen LogP contribution is 2.28. The van der Waals surface area contributed by atoms with Crippen LogP contribution < -0.4 is 0 Å². The first-order chi connectivity index (χ1) is 24.5. The average Bonchev–Trinajstić information content (AvgIpc) is 3.16. The van der Waals surface area contributed by atoms with E-state index in [4.69, 9.17) is 0 Å². The fourth-order valence-electron chi connectivity index (χ4n) is 5.71. The highest BCUT2D eigenvalue weighted by Gasteiger charge is 2.10. The summed E-state index contributed by atoms with van der Waals surface area (Å²) in [5, 5.41) is 50.8. The summed E-state index contributed by atoms with van der Waals surface area (Å²) in [5.41, 5.74) is 9.26. The minimum absolute atomic E-state index is 0.423. The van der Waals surface area contributed by atoms with Gasteiger partial charge in [-0.05, 0) is 116 Å². The van der Waals surface area contributed by atoms with E-state index in [0.29, 0.717) is 55.7 Å². The molecule has 0 unspecified atom stereocenters. The zero-order valence-electron chi connectivity index (χ0n) is 26.7. The molecule has 5 aromatic rings. The van der Waals surface area contributed by atoms with Crippen LogP contribution in [0.1, 0.15) is 55.6 Å². The van der Waals surface area contributed by atoms with E-state index in [2.05, 4.69) is 30.3 Å². The number of rotatable bonds is 0. The Kier molecular flexibility index (Phi) is 9.52. The lowest BCUT2D eigenvalue weighted by molar-refractivity contribution is 1.50. The maximum Gasteiger partial charge on any atom is 0.0998 e. The average molecular weight is 636 g/mol. The number of allylic oxidation sites excluding steroid dienone is 5. The van der Waals surface area contributed by atoms with E-state index in [1.54, 1.807) is 30.4 Å². The maximum atomic E-state index is 10.2. The smallest absolute Gasteiger partial charge is 0.0998 e. The summed E-state index contributed by atoms with van der Waals surface area (Å²) in [6, 6.07) is 48.6. The Labute approximate surface area is 291 Å². The van der Waals surface area contributed by atoms with Gasteiger partial charge in [0.25, 0.3) is 0 Å². The van der Waals surface area contributed by atoms with Gasteiger partial charge in [-0.3, -0.25) is 0 Å². The van der Waals surface area contributed by atoms with Gasteiger partial charge >= 0.3 is 0 Å². The first-order valence-corrected chi connectivity index (χ1v) is 15.6. The lowest BCUT2D eigenvalue weighted by Gasteiger charge is -2.06. The molecule has 0 saturated heterocycles. The van der Waals surface area contributed by atoms with Gasteiger partial charge in [0.1, 0.15) is 0 Å². The van der Waals surface area contributed by atoms with Gasteiger partial charge in [0.2, 0.25) is 0 Å². The summed E-state index contributed by atoms with van der Waals surface area (Å²) >= 11 is 0. The molecular formula is C45H25N5. The third-order valence-electron chi connectivity index (χ3n) is 8.15. The lowest BCUT2D eigenvalue weighted by Crippen LogP contribution is -1.88. The minimum atomic E-state index is 0.423. The third-order valence-corrected chi connectivity index (χ3v) is 8.15. The second kappa shape index (κ2) is 14.8. The molecule has 10 bridgehead atoms. The van der Waals surface area contributed by atoms with Crippen molar-refractivity contribution in [3.05, 3.63) is 177 Å². The number of benzene rings is 5. The van der Waals surface area contributed by atoms with E-state index in [0.717, 1.165) is 27.8 Å². The Morgan fingerprint density at radius 1 is 0.260 bits per heavy atom. The summed E-state index contributed by atoms with van der Waals surface area (Å²) in [6.45, 7) is 0. The Morgan fingerprint density at radius 3 is 0.600 bits per heavy atom. The monoisotopic (exact) mass is 635 g/mol. The summed E-state index contributed by atoms with van der Waals surface area (Å²) in [4.78, 5) is 0. The third kappa shape index (κ3) is 7.29. The molecule has 0 fully saturated rings. The van der Waals surface area contributed by atoms with Crippen LogP contribution in [0.5, 0.6) is 0 Å². The topological polar surface area (TPSA) is 119 Å². The normalized spacial score (nSPS) is 17.7. The molecule has 5 heteroatoms. The van der Waals surface area contributed by atoms with E-state index in [-0.39, 0.29) is 0 Å². The van der Waals surface area contributed by atoms with Crippen molar-refractivity contribution in [2.75, 3.05) is 0 Å². The van der Waals surface area contributed by atoms with Gasteiger partial charge in [0.05, 0.1) is 58.2 Å². The summed E-state index contributed by atoms with van der Waals surface area (Å²) in [5.74, 6) is 0. The van der Waals surface area contributed by atoms with Gasteiger partial charge < -0.3 is 0 Å². The Balaban J connectivity index is 1.57. The predicted octanol–water partition coefficient (Wildman–Crippen LogP) is 10.3. The zero-order valence-corrected chi connectivity index (χ0v) is 26.7. The van der Waals surface area contributed by atoms with Gasteiger partial charge in [-0.2, -0.15) is 26.3 Å². The maximum absolute atomic E-state index is 10.2. The van der Waals surface area contributed by atoms with Crippen molar-refractivity contribution in [2.24, 2.45) is 0 Å². The summed E-state index contributed by atoms with van der Waals surface area (Å²) < 4.78 is 0. The van der Waals surface area contributed by atoms with Crippen LogP contribution in [-0.4, -0.2) is 0 Å². The molecule has 6 rings (SSSR count). The number of hydrogen-bond donors (Lipinski definition) is 0. The standard InChI is InChI=1S/C45H25N5/c46-26-41-22-32-7-2-13-38(17-32)43(28-48)24-34-9-4-15-40(19-34)45(30-50)25-35-10-5-14-39(20-35)44(29-49)23-33-8-3-12-37(18-33)42(27-47)21-31-6-1-11-36(41)16-31/h1-25H/b41-22+,42-21+,43-24+,44-23+,45-25+. The second-order valence-electron chi connectivity index (χ2n) is 11.5. The van der Waals surface area contributed by atoms with Crippen molar-refractivity contribution < 1.29 is 0 Å². The Morgan fingerprint density at radius 2 is 0.440 bits per heavy atom. The second-order valence-corrected chi connectivity index (χ2v) is 11.5. The number of hydrogen-bond acceptors (Lipinski definition) is 5. The van der Waals surface area contributed by atoms with E-state index in [1.165, 1.54) is 0 Å². The molecule has 0 atom stereocenters. The minimum Gasteiger partial charge on any atom is -0.192 e. The molecule has 1 aliphatic carbocycles. The van der Waals surface area contributed by atoms with E-state index < -0.39 is 0 Å². The predicted molar refractivity (Wildman–Crippen MR) is 200 cm³/mol. The number of nitrogens with zero attached hydrogens (tertiary/aromatic N) is 5. The molecule has 0 N–H and O–H groups in total. The largest absolute Gasteiger partial charge is 0.192 e. The van der Waals surface area contributed by atoms with Crippen LogP contribution in [0.15, 0.2) is 121 Å². The molecule has 0 aromatic heterocycles. The van der Waals surface area contributed by atoms with Crippen molar-refractivity contribution in [3.8, 4) is 30.3 Å². The van der Waals surface area contributed by atoms with Gasteiger partial charge in [-0.15, -0.1) is 0 Å².